The van der Waals surface area contributed by atoms with Crippen LogP contribution in [0.2, 0.25) is 0 Å². The van der Waals surface area contributed by atoms with Crippen molar-refractivity contribution in [2.24, 2.45) is 16.7 Å². The van der Waals surface area contributed by atoms with Crippen LogP contribution < -0.4 is 10.9 Å². The average Bonchev–Trinajstić information content (AvgIpc) is 2.74. The van der Waals surface area contributed by atoms with E-state index in [2.05, 4.69) is 26.1 Å². The number of hydrogen-bond acceptors (Lipinski definition) is 2. The summed E-state index contributed by atoms with van der Waals surface area (Å²) in [5.74, 6) is 0.835. The molecule has 3 nitrogen and oxygen atoms in total. The van der Waals surface area contributed by atoms with Gasteiger partial charge in [0.2, 0.25) is 0 Å². The van der Waals surface area contributed by atoms with Gasteiger partial charge < -0.3 is 9.88 Å². The van der Waals surface area contributed by atoms with Gasteiger partial charge >= 0.3 is 0 Å². The first-order valence-corrected chi connectivity index (χ1v) is 7.85. The molecular formula is C17H26N2O. The SMILES string of the molecule is CCn1cc(NC2CC3CCC2(C)C3(C)C)ccc1=O. The smallest absolute Gasteiger partial charge is 0.250 e. The van der Waals surface area contributed by atoms with E-state index in [0.717, 1.165) is 18.2 Å². The fourth-order valence-electron chi connectivity index (χ4n) is 4.49. The molecule has 0 aromatic carbocycles. The molecule has 3 rings (SSSR count). The lowest BCUT2D eigenvalue weighted by molar-refractivity contribution is 0.142. The topological polar surface area (TPSA) is 34.0 Å². The molecule has 1 N–H and O–H groups in total. The minimum absolute atomic E-state index is 0.0811. The Labute approximate surface area is 121 Å². The Balaban J connectivity index is 1.85. The van der Waals surface area contributed by atoms with Crippen LogP contribution in [0.5, 0.6) is 0 Å². The van der Waals surface area contributed by atoms with Crippen molar-refractivity contribution in [3.05, 3.63) is 28.7 Å². The molecule has 2 bridgehead atoms. The van der Waals surface area contributed by atoms with E-state index in [1.54, 1.807) is 10.6 Å². The van der Waals surface area contributed by atoms with E-state index in [0.29, 0.717) is 16.9 Å². The van der Waals surface area contributed by atoms with Gasteiger partial charge in [0.1, 0.15) is 0 Å². The Bertz CT molecular complexity index is 575. The first kappa shape index (κ1) is 13.7. The van der Waals surface area contributed by atoms with Gasteiger partial charge in [0.15, 0.2) is 0 Å². The standard InChI is InChI=1S/C17H26N2O/c1-5-19-11-13(6-7-15(19)20)18-14-10-12-8-9-17(14,4)16(12,2)3/h6-7,11-12,14,18H,5,8-10H2,1-4H3. The molecular weight excluding hydrogens is 248 g/mol. The van der Waals surface area contributed by atoms with Crippen LogP contribution in [0.1, 0.15) is 47.0 Å². The molecule has 0 amide bonds. The molecule has 0 aliphatic heterocycles. The Morgan fingerprint density at radius 3 is 2.65 bits per heavy atom. The van der Waals surface area contributed by atoms with E-state index >= 15 is 0 Å². The van der Waals surface area contributed by atoms with E-state index in [1.807, 2.05) is 19.2 Å². The number of aryl methyl sites for hydroxylation is 1. The van der Waals surface area contributed by atoms with Gasteiger partial charge in [0.05, 0.1) is 5.69 Å². The zero-order valence-corrected chi connectivity index (χ0v) is 13.1. The summed E-state index contributed by atoms with van der Waals surface area (Å²) in [4.78, 5) is 11.7. The summed E-state index contributed by atoms with van der Waals surface area (Å²) < 4.78 is 1.77. The van der Waals surface area contributed by atoms with E-state index < -0.39 is 0 Å². The molecule has 0 spiro atoms. The maximum atomic E-state index is 11.7. The number of hydrogen-bond donors (Lipinski definition) is 1. The molecule has 1 heterocycles. The van der Waals surface area contributed by atoms with Crippen LogP contribution in [0.4, 0.5) is 5.69 Å². The zero-order valence-electron chi connectivity index (χ0n) is 13.1. The maximum absolute atomic E-state index is 11.7. The van der Waals surface area contributed by atoms with Gasteiger partial charge in [-0.25, -0.2) is 0 Å². The third-order valence-electron chi connectivity index (χ3n) is 6.46. The normalized spacial score (nSPS) is 34.4. The third-order valence-corrected chi connectivity index (χ3v) is 6.46. The van der Waals surface area contributed by atoms with E-state index in [1.165, 1.54) is 19.3 Å². The van der Waals surface area contributed by atoms with Crippen LogP contribution >= 0.6 is 0 Å². The van der Waals surface area contributed by atoms with Crippen molar-refractivity contribution >= 4 is 5.69 Å². The summed E-state index contributed by atoms with van der Waals surface area (Å²) in [7, 11) is 0. The minimum atomic E-state index is 0.0811. The Hall–Kier alpha value is -1.25. The van der Waals surface area contributed by atoms with Gasteiger partial charge in [-0.2, -0.15) is 0 Å². The molecule has 1 aromatic rings. The van der Waals surface area contributed by atoms with Gasteiger partial charge in [-0.15, -0.1) is 0 Å². The Morgan fingerprint density at radius 1 is 1.35 bits per heavy atom. The lowest BCUT2D eigenvalue weighted by Crippen LogP contribution is -2.40. The number of rotatable bonds is 3. The Kier molecular flexibility index (Phi) is 3.00. The molecule has 3 unspecified atom stereocenters. The van der Waals surface area contributed by atoms with Crippen LogP contribution in [0.15, 0.2) is 23.1 Å². The first-order valence-electron chi connectivity index (χ1n) is 7.85. The van der Waals surface area contributed by atoms with Crippen molar-refractivity contribution in [1.82, 2.24) is 4.57 Å². The van der Waals surface area contributed by atoms with Crippen molar-refractivity contribution < 1.29 is 0 Å². The largest absolute Gasteiger partial charge is 0.381 e. The van der Waals surface area contributed by atoms with Crippen LogP contribution in [-0.4, -0.2) is 10.6 Å². The molecule has 3 atom stereocenters. The fourth-order valence-corrected chi connectivity index (χ4v) is 4.49. The fraction of sp³-hybridized carbons (Fsp3) is 0.706. The summed E-state index contributed by atoms with van der Waals surface area (Å²) in [5, 5.41) is 3.71. The highest BCUT2D eigenvalue weighted by Gasteiger charge is 2.61. The number of nitrogens with one attached hydrogen (secondary N) is 1. The second-order valence-corrected chi connectivity index (χ2v) is 7.35. The third kappa shape index (κ3) is 1.75. The molecule has 110 valence electrons. The van der Waals surface area contributed by atoms with Gasteiger partial charge in [-0.05, 0) is 49.0 Å². The monoisotopic (exact) mass is 274 g/mol. The van der Waals surface area contributed by atoms with Crippen molar-refractivity contribution in [3.8, 4) is 0 Å². The molecule has 0 radical (unpaired) electrons. The highest BCUT2D eigenvalue weighted by atomic mass is 16.1. The molecule has 2 fully saturated rings. The molecule has 2 saturated carbocycles. The molecule has 1 aromatic heterocycles. The van der Waals surface area contributed by atoms with E-state index in [9.17, 15) is 4.79 Å². The molecule has 2 aliphatic carbocycles. The highest BCUT2D eigenvalue weighted by Crippen LogP contribution is 2.65. The predicted molar refractivity (Wildman–Crippen MR) is 83.0 cm³/mol. The summed E-state index contributed by atoms with van der Waals surface area (Å²) in [6, 6.07) is 4.13. The number of nitrogens with zero attached hydrogens (tertiary/aromatic N) is 1. The van der Waals surface area contributed by atoms with Gasteiger partial charge in [0.25, 0.3) is 5.56 Å². The van der Waals surface area contributed by atoms with Gasteiger partial charge in [-0.3, -0.25) is 4.79 Å². The molecule has 20 heavy (non-hydrogen) atoms. The van der Waals surface area contributed by atoms with E-state index in [-0.39, 0.29) is 5.56 Å². The summed E-state index contributed by atoms with van der Waals surface area (Å²) >= 11 is 0. The van der Waals surface area contributed by atoms with Crippen LogP contribution in [-0.2, 0) is 6.54 Å². The lowest BCUT2D eigenvalue weighted by atomic mass is 9.69. The lowest BCUT2D eigenvalue weighted by Gasteiger charge is -2.40. The van der Waals surface area contributed by atoms with Crippen molar-refractivity contribution in [3.63, 3.8) is 0 Å². The number of pyridine rings is 1. The maximum Gasteiger partial charge on any atom is 0.250 e. The average molecular weight is 274 g/mol. The second kappa shape index (κ2) is 4.37. The minimum Gasteiger partial charge on any atom is -0.381 e. The number of fused-ring (bicyclic) bond motifs is 2. The molecule has 0 saturated heterocycles. The van der Waals surface area contributed by atoms with Crippen LogP contribution in [0.25, 0.3) is 0 Å². The first-order chi connectivity index (χ1) is 9.38. The number of aromatic nitrogens is 1. The quantitative estimate of drug-likeness (QED) is 0.915. The summed E-state index contributed by atoms with van der Waals surface area (Å²) in [5.41, 5.74) is 1.95. The van der Waals surface area contributed by atoms with E-state index in [4.69, 9.17) is 0 Å². The van der Waals surface area contributed by atoms with Gasteiger partial charge in [-0.1, -0.05) is 20.8 Å². The van der Waals surface area contributed by atoms with Gasteiger partial charge in [0, 0.05) is 24.8 Å². The van der Waals surface area contributed by atoms with Crippen LogP contribution in [0, 0.1) is 16.7 Å². The van der Waals surface area contributed by atoms with Crippen molar-refractivity contribution in [2.75, 3.05) is 5.32 Å². The summed E-state index contributed by atoms with van der Waals surface area (Å²) in [6.07, 6.45) is 5.91. The van der Waals surface area contributed by atoms with Crippen LogP contribution in [0.3, 0.4) is 0 Å². The number of anilines is 1. The Morgan fingerprint density at radius 2 is 2.10 bits per heavy atom. The zero-order chi connectivity index (χ0) is 14.5. The second-order valence-electron chi connectivity index (χ2n) is 7.35. The summed E-state index contributed by atoms with van der Waals surface area (Å²) in [6.45, 7) is 10.0. The van der Waals surface area contributed by atoms with Crippen molar-refractivity contribution in [1.29, 1.82) is 0 Å². The predicted octanol–water partition coefficient (Wildman–Crippen LogP) is 3.49. The van der Waals surface area contributed by atoms with Crippen molar-refractivity contribution in [2.45, 2.75) is 59.5 Å². The highest BCUT2D eigenvalue weighted by molar-refractivity contribution is 5.43. The molecule has 3 heteroatoms. The molecule has 2 aliphatic rings.